The molecule has 2 amide bonds. The van der Waals surface area contributed by atoms with Crippen LogP contribution < -0.4 is 36.9 Å². The summed E-state index contributed by atoms with van der Waals surface area (Å²) in [6.07, 6.45) is -5.16. The third kappa shape index (κ3) is 18.9. The molecule has 0 radical (unpaired) electrons. The summed E-state index contributed by atoms with van der Waals surface area (Å²) in [6.45, 7) is -0.0870. The number of esters is 1. The summed E-state index contributed by atoms with van der Waals surface area (Å²) in [6, 6.07) is 4.90. The van der Waals surface area contributed by atoms with Crippen molar-refractivity contribution in [3.05, 3.63) is 96.3 Å². The van der Waals surface area contributed by atoms with Crippen LogP contribution in [0.2, 0.25) is 5.02 Å². The van der Waals surface area contributed by atoms with Crippen LogP contribution in [-0.2, 0) is 67.1 Å². The van der Waals surface area contributed by atoms with E-state index in [-0.39, 0.29) is 90.2 Å². The lowest BCUT2D eigenvalue weighted by Gasteiger charge is -2.46. The standard InChI is InChI=1S/C49H61ClF5N7O18/c50-28-7-5-27(6-8-28)21-32(66)57-24-31(65)43(69)47-40(59-33(67)26-63)30(64)22-49(80-47,48(72)73)78-12-4-2-1-3-10-56-41-42(45(71)44(41)70)58-23-29-25-62(61-60-29)11-14-75-16-18-77-20-19-76-17-15-74-13-9-34(68)79-46-38(54)36(52)35(51)37(53)39(46)55/h5-8,25,30-31,40,43,47,56,58,63-65,69H,1-4,9-24,26H2,(H,57,66)(H,59,67)(H,72,73)/t30-,31+,40+,43+,47+,49+/m0/s1. The minimum atomic E-state index is -2.54. The largest absolute Gasteiger partial charge is 0.477 e. The molecule has 5 rings (SSSR count). The number of halogens is 6. The van der Waals surface area contributed by atoms with Crippen LogP contribution in [0.5, 0.6) is 5.75 Å². The monoisotopic (exact) mass is 1170 g/mol. The molecule has 3 aromatic carbocycles. The van der Waals surface area contributed by atoms with E-state index in [9.17, 15) is 76.3 Å². The van der Waals surface area contributed by atoms with Crippen LogP contribution in [0.3, 0.4) is 0 Å². The molecule has 80 heavy (non-hydrogen) atoms. The topological polar surface area (TPSA) is 347 Å². The highest BCUT2D eigenvalue weighted by molar-refractivity contribution is 6.30. The minimum absolute atomic E-state index is 0.0130. The number of aliphatic hydroxyl groups is 4. The van der Waals surface area contributed by atoms with Crippen molar-refractivity contribution < 1.29 is 99.8 Å². The van der Waals surface area contributed by atoms with Crippen molar-refractivity contribution in [1.82, 2.24) is 25.6 Å². The Hall–Kier alpha value is -6.32. The number of carbonyl (C=O) groups is 4. The van der Waals surface area contributed by atoms with Gasteiger partial charge in [0.25, 0.3) is 16.6 Å². The summed E-state index contributed by atoms with van der Waals surface area (Å²) < 4.78 is 106. The lowest BCUT2D eigenvalue weighted by Crippen LogP contribution is -2.68. The highest BCUT2D eigenvalue weighted by atomic mass is 35.5. The van der Waals surface area contributed by atoms with Crippen molar-refractivity contribution in [2.45, 2.75) is 94.3 Å². The second-order valence-corrected chi connectivity index (χ2v) is 18.3. The Balaban J connectivity index is 0.913. The van der Waals surface area contributed by atoms with E-state index in [1.54, 1.807) is 30.5 Å². The molecule has 2 heterocycles. The normalized spacial score (nSPS) is 17.9. The van der Waals surface area contributed by atoms with Crippen molar-refractivity contribution in [2.24, 2.45) is 0 Å². The Morgan fingerprint density at radius 1 is 0.787 bits per heavy atom. The van der Waals surface area contributed by atoms with Gasteiger partial charge in [-0.3, -0.25) is 24.0 Å². The quantitative estimate of drug-likeness (QED) is 0.00560. The minimum Gasteiger partial charge on any atom is -0.477 e. The molecule has 0 aliphatic carbocycles. The summed E-state index contributed by atoms with van der Waals surface area (Å²) in [5.41, 5.74) is -0.144. The molecule has 1 saturated heterocycles. The molecule has 0 unspecified atom stereocenters. The van der Waals surface area contributed by atoms with Gasteiger partial charge in [0, 0.05) is 24.5 Å². The van der Waals surface area contributed by atoms with Crippen LogP contribution in [0.25, 0.3) is 0 Å². The van der Waals surface area contributed by atoms with Crippen LogP contribution >= 0.6 is 11.6 Å². The van der Waals surface area contributed by atoms with Gasteiger partial charge in [-0.15, -0.1) is 5.10 Å². The van der Waals surface area contributed by atoms with Crippen LogP contribution in [0, 0.1) is 29.1 Å². The molecule has 4 aromatic rings. The zero-order chi connectivity index (χ0) is 58.4. The number of carboxylic acids is 1. The van der Waals surface area contributed by atoms with Crippen molar-refractivity contribution in [3.63, 3.8) is 0 Å². The zero-order valence-electron chi connectivity index (χ0n) is 42.8. The van der Waals surface area contributed by atoms with Crippen LogP contribution in [0.4, 0.5) is 33.3 Å². The SMILES string of the molecule is O=C(Cc1ccc(Cl)cc1)NC[C@@H](O)[C@@H](O)[C@@H]1O[C@@](OCCCCCCNc2c(NCc3cn(CCOCCOCCOCCOCCC(=O)Oc4c(F)c(F)c(F)c(F)c4F)nn3)c(=O)c2=O)(C(=O)O)C[C@H](O)[C@H]1NC(=O)CO. The Morgan fingerprint density at radius 3 is 2.00 bits per heavy atom. The zero-order valence-corrected chi connectivity index (χ0v) is 43.5. The average molecular weight is 1170 g/mol. The van der Waals surface area contributed by atoms with E-state index in [2.05, 4.69) is 36.3 Å². The molecule has 25 nitrogen and oxygen atoms in total. The molecule has 0 bridgehead atoms. The molecular weight excluding hydrogens is 1110 g/mol. The average Bonchev–Trinajstić information content (AvgIpc) is 4.02. The predicted octanol–water partition coefficient (Wildman–Crippen LogP) is 0.375. The number of benzene rings is 2. The molecule has 6 atom stereocenters. The molecule has 1 aromatic heterocycles. The van der Waals surface area contributed by atoms with E-state index < -0.39 is 132 Å². The van der Waals surface area contributed by atoms with Crippen molar-refractivity contribution in [3.8, 4) is 5.75 Å². The number of rotatable bonds is 37. The smallest absolute Gasteiger partial charge is 0.364 e. The van der Waals surface area contributed by atoms with E-state index in [1.807, 2.05) is 0 Å². The number of aliphatic hydroxyl groups excluding tert-OH is 4. The highest BCUT2D eigenvalue weighted by Gasteiger charge is 2.56. The van der Waals surface area contributed by atoms with Gasteiger partial charge in [-0.1, -0.05) is 41.8 Å². The molecule has 442 valence electrons. The number of carbonyl (C=O) groups excluding carboxylic acids is 3. The van der Waals surface area contributed by atoms with Gasteiger partial charge in [0.2, 0.25) is 46.6 Å². The summed E-state index contributed by atoms with van der Waals surface area (Å²) >= 11 is 5.88. The van der Waals surface area contributed by atoms with Crippen LogP contribution in [0.1, 0.15) is 49.8 Å². The molecule has 1 aliphatic heterocycles. The number of ether oxygens (including phenoxy) is 7. The number of nitrogens with zero attached hydrogens (tertiary/aromatic N) is 3. The maximum absolute atomic E-state index is 13.7. The number of amides is 2. The number of aromatic nitrogens is 3. The fourth-order valence-corrected chi connectivity index (χ4v) is 7.86. The second kappa shape index (κ2) is 32.2. The molecule has 1 fully saturated rings. The molecule has 9 N–H and O–H groups in total. The third-order valence-corrected chi connectivity index (χ3v) is 12.2. The van der Waals surface area contributed by atoms with E-state index in [0.717, 1.165) is 0 Å². The number of hydrogen-bond acceptors (Lipinski definition) is 21. The lowest BCUT2D eigenvalue weighted by atomic mass is 9.88. The van der Waals surface area contributed by atoms with E-state index in [0.29, 0.717) is 48.6 Å². The van der Waals surface area contributed by atoms with Crippen LogP contribution in [-0.4, -0.2) is 180 Å². The van der Waals surface area contributed by atoms with Crippen molar-refractivity contribution >= 4 is 46.7 Å². The Kier molecular flexibility index (Phi) is 26.0. The summed E-state index contributed by atoms with van der Waals surface area (Å²) in [5, 5.41) is 71.7. The summed E-state index contributed by atoms with van der Waals surface area (Å²) in [4.78, 5) is 73.8. The van der Waals surface area contributed by atoms with Crippen LogP contribution in [0.15, 0.2) is 40.1 Å². The van der Waals surface area contributed by atoms with Gasteiger partial charge in [-0.05, 0) is 30.5 Å². The third-order valence-electron chi connectivity index (χ3n) is 12.0. The molecule has 0 spiro atoms. The first kappa shape index (κ1) is 64.5. The van der Waals surface area contributed by atoms with Crippen molar-refractivity contribution in [2.75, 3.05) is 89.8 Å². The number of aliphatic carboxylic acids is 1. The van der Waals surface area contributed by atoms with E-state index in [4.69, 9.17) is 40.0 Å². The van der Waals surface area contributed by atoms with Gasteiger partial charge in [0.05, 0.1) is 110 Å². The number of hydrogen-bond donors (Lipinski definition) is 9. The first-order valence-corrected chi connectivity index (χ1v) is 25.4. The second-order valence-electron chi connectivity index (χ2n) is 17.8. The van der Waals surface area contributed by atoms with Gasteiger partial charge >= 0.3 is 11.9 Å². The maximum Gasteiger partial charge on any atom is 0.364 e. The molecular formula is C49H61ClF5N7O18. The number of unbranched alkanes of at least 4 members (excludes halogenated alkanes) is 3. The molecule has 31 heteroatoms. The Bertz CT molecular complexity index is 2710. The van der Waals surface area contributed by atoms with Gasteiger partial charge in [-0.2, -0.15) is 8.78 Å². The highest BCUT2D eigenvalue weighted by Crippen LogP contribution is 2.34. The van der Waals surface area contributed by atoms with Gasteiger partial charge in [-0.25, -0.2) is 22.6 Å². The lowest BCUT2D eigenvalue weighted by molar-refractivity contribution is -0.310. The molecule has 1 aliphatic rings. The first-order valence-electron chi connectivity index (χ1n) is 25.0. The number of carboxylic acid groups (broad SMARTS) is 1. The van der Waals surface area contributed by atoms with Gasteiger partial charge in [0.1, 0.15) is 35.9 Å². The molecule has 0 saturated carbocycles. The summed E-state index contributed by atoms with van der Waals surface area (Å²) in [7, 11) is 0. The van der Waals surface area contributed by atoms with E-state index >= 15 is 0 Å². The fraction of sp³-hybridized carbons (Fsp3) is 0.551. The Labute approximate surface area is 457 Å². The summed E-state index contributed by atoms with van der Waals surface area (Å²) in [5.74, 6) is -20.1. The van der Waals surface area contributed by atoms with Gasteiger partial charge in [0.15, 0.2) is 0 Å². The predicted molar refractivity (Wildman–Crippen MR) is 266 cm³/mol. The van der Waals surface area contributed by atoms with Crippen molar-refractivity contribution in [1.29, 1.82) is 0 Å². The number of nitrogens with one attached hydrogen (secondary N) is 4. The fourth-order valence-electron chi connectivity index (χ4n) is 7.74. The first-order chi connectivity index (χ1) is 38.3. The Morgan fingerprint density at radius 2 is 1.38 bits per heavy atom. The maximum atomic E-state index is 13.7. The van der Waals surface area contributed by atoms with Gasteiger partial charge < -0.3 is 80.0 Å². The van der Waals surface area contributed by atoms with E-state index in [1.165, 1.54) is 4.68 Å². The number of anilines is 2.